The van der Waals surface area contributed by atoms with Crippen molar-refractivity contribution in [3.05, 3.63) is 0 Å². The molecule has 2 fully saturated rings. The number of nitrogens with one attached hydrogen (secondary N) is 1. The summed E-state index contributed by atoms with van der Waals surface area (Å²) in [6, 6.07) is -0.416. The number of hydrogen-bond donors (Lipinski definition) is 3. The first-order valence-corrected chi connectivity index (χ1v) is 6.93. The van der Waals surface area contributed by atoms with Crippen molar-refractivity contribution in [2.24, 2.45) is 5.92 Å². The maximum atomic E-state index is 13.9. The standard InChI is InChI=1S/C13H21F2NO3/c14-13(15,12(19)6-3-7-12)11(18)16-10-5-2-1-4-9(10)8-17/h9-10,17,19H,1-8H2,(H,16,18). The van der Waals surface area contributed by atoms with Crippen molar-refractivity contribution >= 4 is 5.91 Å². The molecule has 0 aromatic carbocycles. The van der Waals surface area contributed by atoms with Gasteiger partial charge in [-0.3, -0.25) is 4.79 Å². The van der Waals surface area contributed by atoms with E-state index in [0.29, 0.717) is 12.8 Å². The molecule has 4 nitrogen and oxygen atoms in total. The number of halogens is 2. The molecule has 0 bridgehead atoms. The van der Waals surface area contributed by atoms with Crippen LogP contribution in [0.15, 0.2) is 0 Å². The summed E-state index contributed by atoms with van der Waals surface area (Å²) in [5, 5.41) is 21.2. The molecule has 0 saturated heterocycles. The molecule has 2 aliphatic carbocycles. The van der Waals surface area contributed by atoms with Crippen LogP contribution in [-0.4, -0.2) is 40.3 Å². The molecule has 2 unspecified atom stereocenters. The Kier molecular flexibility index (Phi) is 4.11. The van der Waals surface area contributed by atoms with Gasteiger partial charge in [-0.15, -0.1) is 0 Å². The summed E-state index contributed by atoms with van der Waals surface area (Å²) >= 11 is 0. The van der Waals surface area contributed by atoms with E-state index < -0.39 is 23.5 Å². The molecule has 2 atom stereocenters. The molecule has 110 valence electrons. The van der Waals surface area contributed by atoms with E-state index >= 15 is 0 Å². The highest BCUT2D eigenvalue weighted by Gasteiger charge is 2.61. The molecular formula is C13H21F2NO3. The van der Waals surface area contributed by atoms with Gasteiger partial charge in [0.1, 0.15) is 5.60 Å². The summed E-state index contributed by atoms with van der Waals surface area (Å²) in [6.45, 7) is -0.110. The van der Waals surface area contributed by atoms with Gasteiger partial charge in [0.15, 0.2) is 0 Å². The van der Waals surface area contributed by atoms with Gasteiger partial charge in [-0.25, -0.2) is 0 Å². The number of amides is 1. The smallest absolute Gasteiger partial charge is 0.352 e. The highest BCUT2D eigenvalue weighted by Crippen LogP contribution is 2.44. The summed E-state index contributed by atoms with van der Waals surface area (Å²) in [5.41, 5.74) is -2.18. The molecule has 0 aromatic heterocycles. The highest BCUT2D eigenvalue weighted by molar-refractivity contribution is 5.85. The van der Waals surface area contributed by atoms with Crippen LogP contribution in [0, 0.1) is 5.92 Å². The molecule has 2 saturated carbocycles. The quantitative estimate of drug-likeness (QED) is 0.723. The lowest BCUT2D eigenvalue weighted by molar-refractivity contribution is -0.216. The molecular weight excluding hydrogens is 256 g/mol. The number of carbonyl (C=O) groups is 1. The molecule has 0 aromatic rings. The average molecular weight is 277 g/mol. The van der Waals surface area contributed by atoms with Crippen molar-refractivity contribution in [1.29, 1.82) is 0 Å². The van der Waals surface area contributed by atoms with E-state index in [9.17, 15) is 23.8 Å². The van der Waals surface area contributed by atoms with E-state index in [1.807, 2.05) is 0 Å². The van der Waals surface area contributed by atoms with Crippen LogP contribution in [0.4, 0.5) is 8.78 Å². The van der Waals surface area contributed by atoms with Crippen molar-refractivity contribution in [1.82, 2.24) is 5.32 Å². The molecule has 1 amide bonds. The maximum Gasteiger partial charge on any atom is 0.352 e. The zero-order chi connectivity index (χ0) is 14.1. The van der Waals surface area contributed by atoms with E-state index in [0.717, 1.165) is 19.3 Å². The van der Waals surface area contributed by atoms with Crippen LogP contribution in [0.25, 0.3) is 0 Å². The molecule has 0 heterocycles. The Morgan fingerprint density at radius 3 is 2.42 bits per heavy atom. The number of aliphatic hydroxyl groups excluding tert-OH is 1. The monoisotopic (exact) mass is 277 g/mol. The summed E-state index contributed by atoms with van der Waals surface area (Å²) < 4.78 is 27.8. The first-order chi connectivity index (χ1) is 8.90. The van der Waals surface area contributed by atoms with Crippen LogP contribution in [0.5, 0.6) is 0 Å². The molecule has 0 radical (unpaired) electrons. The second-order valence-electron chi connectivity index (χ2n) is 5.77. The van der Waals surface area contributed by atoms with Gasteiger partial charge in [0, 0.05) is 18.6 Å². The summed E-state index contributed by atoms with van der Waals surface area (Å²) in [4.78, 5) is 11.7. The molecule has 0 aliphatic heterocycles. The third kappa shape index (κ3) is 2.60. The number of rotatable bonds is 4. The van der Waals surface area contributed by atoms with Crippen LogP contribution >= 0.6 is 0 Å². The summed E-state index contributed by atoms with van der Waals surface area (Å²) in [7, 11) is 0. The van der Waals surface area contributed by atoms with Crippen LogP contribution in [0.1, 0.15) is 44.9 Å². The number of aliphatic hydroxyl groups is 2. The van der Waals surface area contributed by atoms with Crippen molar-refractivity contribution in [2.45, 2.75) is 62.5 Å². The Morgan fingerprint density at radius 2 is 1.89 bits per heavy atom. The van der Waals surface area contributed by atoms with E-state index in [4.69, 9.17) is 0 Å². The average Bonchev–Trinajstić information content (AvgIpc) is 2.36. The SMILES string of the molecule is O=C(NC1CCCCC1CO)C(F)(F)C1(O)CCC1. The minimum absolute atomic E-state index is 0.0402. The fraction of sp³-hybridized carbons (Fsp3) is 0.923. The van der Waals surface area contributed by atoms with E-state index in [1.54, 1.807) is 0 Å². The molecule has 2 rings (SSSR count). The van der Waals surface area contributed by atoms with Crippen molar-refractivity contribution in [3.63, 3.8) is 0 Å². The zero-order valence-corrected chi connectivity index (χ0v) is 10.9. The van der Waals surface area contributed by atoms with Gasteiger partial charge >= 0.3 is 5.92 Å². The minimum atomic E-state index is -3.75. The van der Waals surface area contributed by atoms with E-state index in [1.165, 1.54) is 0 Å². The summed E-state index contributed by atoms with van der Waals surface area (Å²) in [6.07, 6.45) is 3.57. The normalized spacial score (nSPS) is 30.5. The predicted molar refractivity (Wildman–Crippen MR) is 64.7 cm³/mol. The Labute approximate surface area is 111 Å². The van der Waals surface area contributed by atoms with Gasteiger partial charge in [0.2, 0.25) is 0 Å². The van der Waals surface area contributed by atoms with Crippen molar-refractivity contribution in [2.75, 3.05) is 6.61 Å². The third-order valence-electron chi connectivity index (χ3n) is 4.51. The number of carbonyl (C=O) groups excluding carboxylic acids is 1. The second kappa shape index (κ2) is 5.32. The maximum absolute atomic E-state index is 13.9. The lowest BCUT2D eigenvalue weighted by atomic mass is 9.74. The van der Waals surface area contributed by atoms with Gasteiger partial charge in [0.05, 0.1) is 0 Å². The van der Waals surface area contributed by atoms with Gasteiger partial charge in [-0.2, -0.15) is 8.78 Å². The Balaban J connectivity index is 1.99. The Morgan fingerprint density at radius 1 is 1.26 bits per heavy atom. The second-order valence-corrected chi connectivity index (χ2v) is 5.77. The fourth-order valence-corrected chi connectivity index (χ4v) is 2.91. The van der Waals surface area contributed by atoms with Gasteiger partial charge in [-0.1, -0.05) is 12.8 Å². The minimum Gasteiger partial charge on any atom is -0.396 e. The zero-order valence-electron chi connectivity index (χ0n) is 10.9. The molecule has 0 spiro atoms. The van der Waals surface area contributed by atoms with Crippen LogP contribution in [0.3, 0.4) is 0 Å². The lowest BCUT2D eigenvalue weighted by Gasteiger charge is -2.42. The van der Waals surface area contributed by atoms with Gasteiger partial charge in [0.25, 0.3) is 5.91 Å². The van der Waals surface area contributed by atoms with Gasteiger partial charge in [-0.05, 0) is 32.1 Å². The number of hydrogen-bond acceptors (Lipinski definition) is 3. The van der Waals surface area contributed by atoms with Crippen molar-refractivity contribution < 1.29 is 23.8 Å². The molecule has 6 heteroatoms. The van der Waals surface area contributed by atoms with Crippen LogP contribution in [0.2, 0.25) is 0 Å². The first kappa shape index (κ1) is 14.7. The molecule has 3 N–H and O–H groups in total. The van der Waals surface area contributed by atoms with E-state index in [-0.39, 0.29) is 25.4 Å². The van der Waals surface area contributed by atoms with Crippen LogP contribution < -0.4 is 5.32 Å². The predicted octanol–water partition coefficient (Wildman–Crippen LogP) is 1.20. The highest BCUT2D eigenvalue weighted by atomic mass is 19.3. The topological polar surface area (TPSA) is 69.6 Å². The lowest BCUT2D eigenvalue weighted by Crippen LogP contribution is -2.62. The van der Waals surface area contributed by atoms with E-state index in [2.05, 4.69) is 5.32 Å². The fourth-order valence-electron chi connectivity index (χ4n) is 2.91. The molecule has 2 aliphatic rings. The summed E-state index contributed by atoms with van der Waals surface area (Å²) in [5.74, 6) is -5.31. The Bertz CT molecular complexity index is 345. The van der Waals surface area contributed by atoms with Crippen LogP contribution in [-0.2, 0) is 4.79 Å². The largest absolute Gasteiger partial charge is 0.396 e. The number of alkyl halides is 2. The Hall–Kier alpha value is -0.750. The van der Waals surface area contributed by atoms with Crippen molar-refractivity contribution in [3.8, 4) is 0 Å². The molecule has 19 heavy (non-hydrogen) atoms. The van der Waals surface area contributed by atoms with Gasteiger partial charge < -0.3 is 15.5 Å². The first-order valence-electron chi connectivity index (χ1n) is 6.93. The third-order valence-corrected chi connectivity index (χ3v) is 4.51.